The molecule has 1 aromatic heterocycles. The molecule has 2 aromatic rings. The van der Waals surface area contributed by atoms with E-state index in [2.05, 4.69) is 4.98 Å². The van der Waals surface area contributed by atoms with Crippen LogP contribution in [0.4, 0.5) is 8.78 Å². The van der Waals surface area contributed by atoms with Crippen LogP contribution in [0.25, 0.3) is 0 Å². The third-order valence-corrected chi connectivity index (χ3v) is 2.24. The van der Waals surface area contributed by atoms with Crippen LogP contribution in [0.3, 0.4) is 0 Å². The Kier molecular flexibility index (Phi) is 2.92. The zero-order valence-electron chi connectivity index (χ0n) is 8.27. The molecular formula is C12H9F2NO. The molecule has 0 aliphatic rings. The highest BCUT2D eigenvalue weighted by atomic mass is 19.2. The summed E-state index contributed by atoms with van der Waals surface area (Å²) in [6.45, 7) is 0. The van der Waals surface area contributed by atoms with E-state index in [-0.39, 0.29) is 11.3 Å². The van der Waals surface area contributed by atoms with E-state index in [9.17, 15) is 13.9 Å². The maximum Gasteiger partial charge on any atom is 0.165 e. The average Bonchev–Trinajstić information content (AvgIpc) is 2.33. The van der Waals surface area contributed by atoms with Gasteiger partial charge in [-0.05, 0) is 18.2 Å². The maximum absolute atomic E-state index is 13.4. The van der Waals surface area contributed by atoms with Crippen LogP contribution in [0, 0.1) is 11.6 Å². The third-order valence-electron chi connectivity index (χ3n) is 2.24. The van der Waals surface area contributed by atoms with Crippen LogP contribution in [-0.2, 0) is 0 Å². The van der Waals surface area contributed by atoms with E-state index >= 15 is 0 Å². The second-order valence-corrected chi connectivity index (χ2v) is 3.30. The minimum Gasteiger partial charge on any atom is -0.382 e. The summed E-state index contributed by atoms with van der Waals surface area (Å²) in [5.41, 5.74) is 0.172. The third kappa shape index (κ3) is 1.92. The van der Waals surface area contributed by atoms with Crippen molar-refractivity contribution in [1.29, 1.82) is 0 Å². The van der Waals surface area contributed by atoms with Gasteiger partial charge in [-0.15, -0.1) is 0 Å². The van der Waals surface area contributed by atoms with Gasteiger partial charge in [0.2, 0.25) is 0 Å². The molecule has 2 rings (SSSR count). The first-order chi connectivity index (χ1) is 7.70. The molecule has 1 aromatic carbocycles. The first-order valence-corrected chi connectivity index (χ1v) is 4.73. The molecule has 0 saturated carbocycles. The first kappa shape index (κ1) is 10.7. The fourth-order valence-electron chi connectivity index (χ4n) is 1.43. The standard InChI is InChI=1S/C12H9F2NO/c13-9-5-3-4-8(11(9)14)12(16)10-6-1-2-7-15-10/h1-7,12,16H. The molecule has 82 valence electrons. The van der Waals surface area contributed by atoms with E-state index in [1.807, 2.05) is 0 Å². The lowest BCUT2D eigenvalue weighted by molar-refractivity contribution is 0.208. The predicted octanol–water partition coefficient (Wildman–Crippen LogP) is 2.44. The predicted molar refractivity (Wildman–Crippen MR) is 54.7 cm³/mol. The molecule has 2 nitrogen and oxygen atoms in total. The zero-order chi connectivity index (χ0) is 11.5. The summed E-state index contributed by atoms with van der Waals surface area (Å²) in [6, 6.07) is 8.58. The quantitative estimate of drug-likeness (QED) is 0.844. The Morgan fingerprint density at radius 2 is 1.88 bits per heavy atom. The number of hydrogen-bond donors (Lipinski definition) is 1. The molecule has 4 heteroatoms. The van der Waals surface area contributed by atoms with Gasteiger partial charge in [0.15, 0.2) is 11.6 Å². The number of aromatic nitrogens is 1. The number of aliphatic hydroxyl groups is 1. The van der Waals surface area contributed by atoms with Crippen molar-refractivity contribution in [3.63, 3.8) is 0 Å². The Bertz CT molecular complexity index is 488. The number of benzene rings is 1. The molecule has 0 aliphatic heterocycles. The Labute approximate surface area is 91.2 Å². The maximum atomic E-state index is 13.4. The highest BCUT2D eigenvalue weighted by molar-refractivity contribution is 5.27. The van der Waals surface area contributed by atoms with E-state index in [4.69, 9.17) is 0 Å². The van der Waals surface area contributed by atoms with Crippen LogP contribution < -0.4 is 0 Å². The van der Waals surface area contributed by atoms with Crippen molar-refractivity contribution < 1.29 is 13.9 Å². The van der Waals surface area contributed by atoms with Gasteiger partial charge in [-0.3, -0.25) is 4.98 Å². The van der Waals surface area contributed by atoms with Crippen molar-refractivity contribution in [2.24, 2.45) is 0 Å². The van der Waals surface area contributed by atoms with Gasteiger partial charge in [-0.25, -0.2) is 8.78 Å². The smallest absolute Gasteiger partial charge is 0.165 e. The number of nitrogens with zero attached hydrogens (tertiary/aromatic N) is 1. The number of aliphatic hydroxyl groups excluding tert-OH is 1. The molecule has 16 heavy (non-hydrogen) atoms. The fraction of sp³-hybridized carbons (Fsp3) is 0.0833. The van der Waals surface area contributed by atoms with Gasteiger partial charge in [0.1, 0.15) is 6.10 Å². The summed E-state index contributed by atoms with van der Waals surface area (Å²) in [6.07, 6.45) is 0.229. The average molecular weight is 221 g/mol. The molecule has 0 spiro atoms. The molecule has 0 saturated heterocycles. The van der Waals surface area contributed by atoms with Crippen molar-refractivity contribution >= 4 is 0 Å². The highest BCUT2D eigenvalue weighted by Gasteiger charge is 2.17. The first-order valence-electron chi connectivity index (χ1n) is 4.73. The van der Waals surface area contributed by atoms with Gasteiger partial charge >= 0.3 is 0 Å². The van der Waals surface area contributed by atoms with Crippen LogP contribution in [0.5, 0.6) is 0 Å². The lowest BCUT2D eigenvalue weighted by Gasteiger charge is -2.11. The van der Waals surface area contributed by atoms with Crippen LogP contribution in [0.1, 0.15) is 17.4 Å². The molecule has 0 aliphatic carbocycles. The Balaban J connectivity index is 2.42. The summed E-state index contributed by atoms with van der Waals surface area (Å²) >= 11 is 0. The second kappa shape index (κ2) is 4.37. The molecule has 0 radical (unpaired) electrons. The van der Waals surface area contributed by atoms with E-state index < -0.39 is 17.7 Å². The van der Waals surface area contributed by atoms with Crippen LogP contribution in [0.15, 0.2) is 42.6 Å². The minimum absolute atomic E-state index is 0.112. The van der Waals surface area contributed by atoms with Crippen LogP contribution >= 0.6 is 0 Å². The molecule has 1 N–H and O–H groups in total. The number of rotatable bonds is 2. The van der Waals surface area contributed by atoms with Crippen molar-refractivity contribution in [1.82, 2.24) is 4.98 Å². The lowest BCUT2D eigenvalue weighted by Crippen LogP contribution is -2.05. The van der Waals surface area contributed by atoms with E-state index in [0.29, 0.717) is 0 Å². The van der Waals surface area contributed by atoms with Gasteiger partial charge in [0.05, 0.1) is 5.69 Å². The summed E-state index contributed by atoms with van der Waals surface area (Å²) in [5.74, 6) is -2.02. The molecule has 1 unspecified atom stereocenters. The summed E-state index contributed by atoms with van der Waals surface area (Å²) in [4.78, 5) is 3.89. The van der Waals surface area contributed by atoms with Gasteiger partial charge < -0.3 is 5.11 Å². The summed E-state index contributed by atoms with van der Waals surface area (Å²) < 4.78 is 26.3. The summed E-state index contributed by atoms with van der Waals surface area (Å²) in [5, 5.41) is 9.83. The van der Waals surface area contributed by atoms with Crippen molar-refractivity contribution in [3.8, 4) is 0 Å². The van der Waals surface area contributed by atoms with Crippen molar-refractivity contribution in [2.75, 3.05) is 0 Å². The molecule has 0 bridgehead atoms. The molecule has 0 amide bonds. The van der Waals surface area contributed by atoms with Gasteiger partial charge in [-0.1, -0.05) is 18.2 Å². The van der Waals surface area contributed by atoms with E-state index in [0.717, 1.165) is 6.07 Å². The van der Waals surface area contributed by atoms with Crippen molar-refractivity contribution in [3.05, 3.63) is 65.5 Å². The number of halogens is 2. The van der Waals surface area contributed by atoms with Crippen molar-refractivity contribution in [2.45, 2.75) is 6.10 Å². The van der Waals surface area contributed by atoms with Crippen LogP contribution in [0.2, 0.25) is 0 Å². The zero-order valence-corrected chi connectivity index (χ0v) is 8.27. The lowest BCUT2D eigenvalue weighted by atomic mass is 10.1. The monoisotopic (exact) mass is 221 g/mol. The van der Waals surface area contributed by atoms with Gasteiger partial charge in [0, 0.05) is 11.8 Å². The molecular weight excluding hydrogens is 212 g/mol. The Hall–Kier alpha value is -1.81. The molecule has 1 atom stereocenters. The SMILES string of the molecule is OC(c1ccccn1)c1cccc(F)c1F. The van der Waals surface area contributed by atoms with E-state index in [1.165, 1.54) is 18.3 Å². The normalized spacial score (nSPS) is 12.4. The van der Waals surface area contributed by atoms with Gasteiger partial charge in [0.25, 0.3) is 0 Å². The highest BCUT2D eigenvalue weighted by Crippen LogP contribution is 2.23. The summed E-state index contributed by atoms with van der Waals surface area (Å²) in [7, 11) is 0. The Morgan fingerprint density at radius 3 is 2.56 bits per heavy atom. The van der Waals surface area contributed by atoms with E-state index in [1.54, 1.807) is 18.2 Å². The molecule has 0 fully saturated rings. The largest absolute Gasteiger partial charge is 0.382 e. The number of hydrogen-bond acceptors (Lipinski definition) is 2. The molecule has 1 heterocycles. The van der Waals surface area contributed by atoms with Crippen LogP contribution in [-0.4, -0.2) is 10.1 Å². The topological polar surface area (TPSA) is 33.1 Å². The Morgan fingerprint density at radius 1 is 1.06 bits per heavy atom. The fourth-order valence-corrected chi connectivity index (χ4v) is 1.43. The second-order valence-electron chi connectivity index (χ2n) is 3.30. The number of pyridine rings is 1. The minimum atomic E-state index is -1.25. The van der Waals surface area contributed by atoms with Gasteiger partial charge in [-0.2, -0.15) is 0 Å².